The average Bonchev–Trinajstić information content (AvgIpc) is 2.35. The summed E-state index contributed by atoms with van der Waals surface area (Å²) in [5.74, 6) is 0.839. The molecule has 1 aliphatic rings. The van der Waals surface area contributed by atoms with Crippen molar-refractivity contribution in [3.63, 3.8) is 0 Å². The SMILES string of the molecule is Cc1cc(=O)n(CC2(CBr)CCCCC2)c(C)n1. The molecule has 1 aromatic rings. The molecule has 0 aliphatic heterocycles. The summed E-state index contributed by atoms with van der Waals surface area (Å²) < 4.78 is 1.85. The van der Waals surface area contributed by atoms with Crippen molar-refractivity contribution in [1.29, 1.82) is 0 Å². The van der Waals surface area contributed by atoms with Crippen LogP contribution in [0.5, 0.6) is 0 Å². The van der Waals surface area contributed by atoms with E-state index in [1.54, 1.807) is 6.07 Å². The minimum Gasteiger partial charge on any atom is -0.296 e. The van der Waals surface area contributed by atoms with Crippen molar-refractivity contribution in [2.24, 2.45) is 5.41 Å². The van der Waals surface area contributed by atoms with Crippen LogP contribution in [0.2, 0.25) is 0 Å². The number of aromatic nitrogens is 2. The third kappa shape index (κ3) is 2.85. The van der Waals surface area contributed by atoms with E-state index in [1.165, 1.54) is 32.1 Å². The lowest BCUT2D eigenvalue weighted by molar-refractivity contribution is 0.186. The molecule has 0 radical (unpaired) electrons. The Morgan fingerprint density at radius 3 is 2.56 bits per heavy atom. The fourth-order valence-electron chi connectivity index (χ4n) is 2.93. The van der Waals surface area contributed by atoms with Gasteiger partial charge in [0, 0.05) is 23.6 Å². The zero-order valence-corrected chi connectivity index (χ0v) is 12.8. The molecule has 4 heteroatoms. The standard InChI is InChI=1S/C14H21BrN2O/c1-11-8-13(18)17(12(2)16-11)10-14(9-15)6-4-3-5-7-14/h8H,3-7,9-10H2,1-2H3. The molecule has 100 valence electrons. The fourth-order valence-corrected chi connectivity index (χ4v) is 3.67. The zero-order valence-electron chi connectivity index (χ0n) is 11.2. The topological polar surface area (TPSA) is 34.9 Å². The number of hydrogen-bond acceptors (Lipinski definition) is 2. The first-order chi connectivity index (χ1) is 8.56. The van der Waals surface area contributed by atoms with E-state index in [-0.39, 0.29) is 11.0 Å². The van der Waals surface area contributed by atoms with Crippen molar-refractivity contribution in [2.45, 2.75) is 52.5 Å². The second-order valence-electron chi connectivity index (χ2n) is 5.56. The Kier molecular flexibility index (Phi) is 4.25. The normalized spacial score (nSPS) is 18.8. The van der Waals surface area contributed by atoms with E-state index in [1.807, 2.05) is 18.4 Å². The first-order valence-electron chi connectivity index (χ1n) is 6.67. The van der Waals surface area contributed by atoms with E-state index in [9.17, 15) is 4.79 Å². The van der Waals surface area contributed by atoms with Gasteiger partial charge in [0.15, 0.2) is 0 Å². The molecular formula is C14H21BrN2O. The lowest BCUT2D eigenvalue weighted by Gasteiger charge is -2.36. The second-order valence-corrected chi connectivity index (χ2v) is 6.12. The molecule has 2 rings (SSSR count). The molecule has 0 saturated heterocycles. The molecule has 1 saturated carbocycles. The molecule has 1 aromatic heterocycles. The second kappa shape index (κ2) is 5.55. The first-order valence-corrected chi connectivity index (χ1v) is 7.80. The predicted octanol–water partition coefficient (Wildman–Crippen LogP) is 3.21. The Morgan fingerprint density at radius 2 is 2.00 bits per heavy atom. The van der Waals surface area contributed by atoms with Gasteiger partial charge < -0.3 is 0 Å². The highest BCUT2D eigenvalue weighted by molar-refractivity contribution is 9.09. The van der Waals surface area contributed by atoms with Gasteiger partial charge in [-0.15, -0.1) is 0 Å². The van der Waals surface area contributed by atoms with Crippen molar-refractivity contribution < 1.29 is 0 Å². The average molecular weight is 313 g/mol. The summed E-state index contributed by atoms with van der Waals surface area (Å²) >= 11 is 3.65. The highest BCUT2D eigenvalue weighted by atomic mass is 79.9. The molecule has 1 heterocycles. The number of halogens is 1. The quantitative estimate of drug-likeness (QED) is 0.803. The maximum absolute atomic E-state index is 12.1. The van der Waals surface area contributed by atoms with Gasteiger partial charge in [0.2, 0.25) is 0 Å². The van der Waals surface area contributed by atoms with Crippen molar-refractivity contribution in [2.75, 3.05) is 5.33 Å². The van der Waals surface area contributed by atoms with Crippen LogP contribution in [0, 0.1) is 19.3 Å². The molecule has 0 atom stereocenters. The Labute approximate surface area is 117 Å². The fraction of sp³-hybridized carbons (Fsp3) is 0.714. The van der Waals surface area contributed by atoms with E-state index in [4.69, 9.17) is 0 Å². The minimum absolute atomic E-state index is 0.0888. The summed E-state index contributed by atoms with van der Waals surface area (Å²) in [6.45, 7) is 4.61. The van der Waals surface area contributed by atoms with E-state index in [0.717, 1.165) is 23.4 Å². The molecule has 0 amide bonds. The van der Waals surface area contributed by atoms with E-state index in [0.29, 0.717) is 0 Å². The monoisotopic (exact) mass is 312 g/mol. The van der Waals surface area contributed by atoms with Crippen LogP contribution in [0.3, 0.4) is 0 Å². The van der Waals surface area contributed by atoms with E-state index < -0.39 is 0 Å². The molecule has 0 spiro atoms. The van der Waals surface area contributed by atoms with Crippen molar-refractivity contribution in [3.8, 4) is 0 Å². The van der Waals surface area contributed by atoms with Crippen molar-refractivity contribution in [3.05, 3.63) is 27.9 Å². The van der Waals surface area contributed by atoms with Crippen LogP contribution in [0.15, 0.2) is 10.9 Å². The van der Waals surface area contributed by atoms with Gasteiger partial charge in [0.1, 0.15) is 5.82 Å². The summed E-state index contributed by atoms with van der Waals surface area (Å²) in [4.78, 5) is 16.5. The van der Waals surface area contributed by atoms with Gasteiger partial charge in [-0.3, -0.25) is 9.36 Å². The summed E-state index contributed by atoms with van der Waals surface area (Å²) in [5.41, 5.74) is 1.14. The molecule has 1 fully saturated rings. The van der Waals surface area contributed by atoms with Gasteiger partial charge in [-0.2, -0.15) is 0 Å². The highest BCUT2D eigenvalue weighted by Crippen LogP contribution is 2.39. The van der Waals surface area contributed by atoms with Gasteiger partial charge in [0.05, 0.1) is 0 Å². The predicted molar refractivity (Wildman–Crippen MR) is 77.3 cm³/mol. The van der Waals surface area contributed by atoms with Gasteiger partial charge in [-0.1, -0.05) is 35.2 Å². The van der Waals surface area contributed by atoms with Gasteiger partial charge in [-0.05, 0) is 32.1 Å². The van der Waals surface area contributed by atoms with Gasteiger partial charge >= 0.3 is 0 Å². The summed E-state index contributed by atoms with van der Waals surface area (Å²) in [7, 11) is 0. The Morgan fingerprint density at radius 1 is 1.33 bits per heavy atom. The number of nitrogens with zero attached hydrogens (tertiary/aromatic N) is 2. The zero-order chi connectivity index (χ0) is 13.2. The molecule has 0 aromatic carbocycles. The largest absolute Gasteiger partial charge is 0.296 e. The van der Waals surface area contributed by atoms with Gasteiger partial charge in [-0.25, -0.2) is 4.98 Å². The number of aryl methyl sites for hydroxylation is 2. The molecular weight excluding hydrogens is 292 g/mol. The third-order valence-corrected chi connectivity index (χ3v) is 5.21. The number of alkyl halides is 1. The van der Waals surface area contributed by atoms with Crippen LogP contribution >= 0.6 is 15.9 Å². The summed E-state index contributed by atoms with van der Waals surface area (Å²) in [5, 5.41) is 0.972. The Balaban J connectivity index is 2.30. The molecule has 0 N–H and O–H groups in total. The lowest BCUT2D eigenvalue weighted by Crippen LogP contribution is -2.36. The molecule has 3 nitrogen and oxygen atoms in total. The van der Waals surface area contributed by atoms with Crippen molar-refractivity contribution in [1.82, 2.24) is 9.55 Å². The van der Waals surface area contributed by atoms with Crippen LogP contribution in [0.4, 0.5) is 0 Å². The molecule has 1 aliphatic carbocycles. The van der Waals surface area contributed by atoms with E-state index >= 15 is 0 Å². The van der Waals surface area contributed by atoms with Crippen LogP contribution < -0.4 is 5.56 Å². The minimum atomic E-state index is 0.0888. The summed E-state index contributed by atoms with van der Waals surface area (Å²) in [6, 6.07) is 1.64. The van der Waals surface area contributed by atoms with Crippen LogP contribution in [0.1, 0.15) is 43.6 Å². The highest BCUT2D eigenvalue weighted by Gasteiger charge is 2.32. The maximum Gasteiger partial charge on any atom is 0.253 e. The van der Waals surface area contributed by atoms with E-state index in [2.05, 4.69) is 20.9 Å². The smallest absolute Gasteiger partial charge is 0.253 e. The molecule has 18 heavy (non-hydrogen) atoms. The van der Waals surface area contributed by atoms with Crippen LogP contribution in [-0.4, -0.2) is 14.9 Å². The molecule has 0 unspecified atom stereocenters. The first kappa shape index (κ1) is 13.8. The summed E-state index contributed by atoms with van der Waals surface area (Å²) in [6.07, 6.45) is 6.29. The van der Waals surface area contributed by atoms with Gasteiger partial charge in [0.25, 0.3) is 5.56 Å². The number of rotatable bonds is 3. The van der Waals surface area contributed by atoms with Crippen molar-refractivity contribution >= 4 is 15.9 Å². The van der Waals surface area contributed by atoms with Crippen LogP contribution in [-0.2, 0) is 6.54 Å². The molecule has 0 bridgehead atoms. The maximum atomic E-state index is 12.1. The number of hydrogen-bond donors (Lipinski definition) is 0. The Hall–Kier alpha value is -0.640. The Bertz CT molecular complexity index is 475. The van der Waals surface area contributed by atoms with Crippen LogP contribution in [0.25, 0.3) is 0 Å². The lowest BCUT2D eigenvalue weighted by atomic mass is 9.75. The third-order valence-electron chi connectivity index (χ3n) is 4.02.